The van der Waals surface area contributed by atoms with Crippen LogP contribution >= 0.6 is 0 Å². The van der Waals surface area contributed by atoms with E-state index in [1.807, 2.05) is 6.92 Å². The van der Waals surface area contributed by atoms with Gasteiger partial charge < -0.3 is 10.5 Å². The number of aromatic nitrogens is 2. The Morgan fingerprint density at radius 1 is 1.05 bits per heavy atom. The molecule has 108 valence electrons. The normalized spacial score (nSPS) is 12.6. The van der Waals surface area contributed by atoms with E-state index in [9.17, 15) is 0 Å². The molecule has 1 rings (SSSR count). The Labute approximate surface area is 116 Å². The predicted octanol–water partition coefficient (Wildman–Crippen LogP) is 3.48. The molecule has 1 aromatic heterocycles. The fourth-order valence-electron chi connectivity index (χ4n) is 1.44. The van der Waals surface area contributed by atoms with Gasteiger partial charge in [-0.1, -0.05) is 41.5 Å². The van der Waals surface area contributed by atoms with Gasteiger partial charge in [-0.05, 0) is 18.8 Å². The van der Waals surface area contributed by atoms with Crippen LogP contribution in [0, 0.1) is 12.3 Å². The van der Waals surface area contributed by atoms with Crippen molar-refractivity contribution in [2.45, 2.75) is 60.3 Å². The van der Waals surface area contributed by atoms with Gasteiger partial charge in [0.2, 0.25) is 5.88 Å². The van der Waals surface area contributed by atoms with E-state index in [1.54, 1.807) is 0 Å². The third-order valence-electron chi connectivity index (χ3n) is 2.90. The van der Waals surface area contributed by atoms with Crippen LogP contribution in [0.4, 0.5) is 5.82 Å². The highest BCUT2D eigenvalue weighted by Crippen LogP contribution is 2.27. The number of anilines is 1. The number of hydrogen-bond donors (Lipinski definition) is 1. The van der Waals surface area contributed by atoms with E-state index < -0.39 is 0 Å². The second-order valence-corrected chi connectivity index (χ2v) is 7.27. The maximum Gasteiger partial charge on any atom is 0.221 e. The summed E-state index contributed by atoms with van der Waals surface area (Å²) in [5.41, 5.74) is 6.88. The molecular formula is C15H27N3O. The quantitative estimate of drug-likeness (QED) is 0.909. The van der Waals surface area contributed by atoms with Gasteiger partial charge in [0, 0.05) is 5.41 Å². The number of nitrogens with zero attached hydrogens (tertiary/aromatic N) is 2. The molecule has 4 nitrogen and oxygen atoms in total. The minimum Gasteiger partial charge on any atom is -0.477 e. The van der Waals surface area contributed by atoms with Gasteiger partial charge in [-0.15, -0.1) is 0 Å². The first-order valence-electron chi connectivity index (χ1n) is 6.78. The van der Waals surface area contributed by atoms with E-state index in [1.165, 1.54) is 0 Å². The molecule has 0 amide bonds. The molecule has 0 aromatic carbocycles. The second kappa shape index (κ2) is 5.35. The summed E-state index contributed by atoms with van der Waals surface area (Å²) in [7, 11) is 0. The minimum atomic E-state index is -0.135. The summed E-state index contributed by atoms with van der Waals surface area (Å²) in [6.07, 6.45) is 0.973. The summed E-state index contributed by atoms with van der Waals surface area (Å²) < 4.78 is 5.80. The Kier molecular flexibility index (Phi) is 4.43. The Hall–Kier alpha value is -1.32. The van der Waals surface area contributed by atoms with Crippen LogP contribution < -0.4 is 10.5 Å². The zero-order chi connectivity index (χ0) is 14.8. The van der Waals surface area contributed by atoms with Crippen molar-refractivity contribution in [2.24, 2.45) is 5.41 Å². The summed E-state index contributed by atoms with van der Waals surface area (Å²) in [5, 5.41) is 0. The molecule has 0 aliphatic rings. The molecule has 4 heteroatoms. The third kappa shape index (κ3) is 4.69. The fraction of sp³-hybridized carbons (Fsp3) is 0.733. The summed E-state index contributed by atoms with van der Waals surface area (Å²) in [6.45, 7) is 15.3. The minimum absolute atomic E-state index is 0.135. The van der Waals surface area contributed by atoms with Gasteiger partial charge in [-0.3, -0.25) is 0 Å². The van der Waals surface area contributed by atoms with Crippen LogP contribution in [0.25, 0.3) is 0 Å². The van der Waals surface area contributed by atoms with Crippen LogP contribution in [-0.2, 0) is 5.41 Å². The maximum atomic E-state index is 5.94. The number of nitrogen functional groups attached to an aromatic ring is 1. The Morgan fingerprint density at radius 2 is 1.63 bits per heavy atom. The Balaban J connectivity index is 2.91. The van der Waals surface area contributed by atoms with Crippen molar-refractivity contribution in [2.75, 3.05) is 12.3 Å². The zero-order valence-corrected chi connectivity index (χ0v) is 13.3. The highest BCUT2D eigenvalue weighted by atomic mass is 16.5. The molecule has 1 heterocycles. The van der Waals surface area contributed by atoms with Crippen LogP contribution in [0.5, 0.6) is 5.88 Å². The van der Waals surface area contributed by atoms with Gasteiger partial charge >= 0.3 is 0 Å². The van der Waals surface area contributed by atoms with Crippen molar-refractivity contribution in [3.8, 4) is 5.88 Å². The summed E-state index contributed by atoms with van der Waals surface area (Å²) in [5.74, 6) is 1.84. The number of rotatable bonds is 3. The van der Waals surface area contributed by atoms with Gasteiger partial charge in [-0.25, -0.2) is 4.98 Å². The molecule has 0 saturated heterocycles. The molecule has 0 aliphatic heterocycles. The Bertz CT molecular complexity index is 442. The molecule has 0 aliphatic carbocycles. The van der Waals surface area contributed by atoms with Gasteiger partial charge in [0.05, 0.1) is 12.2 Å². The van der Waals surface area contributed by atoms with E-state index in [2.05, 4.69) is 51.5 Å². The lowest BCUT2D eigenvalue weighted by molar-refractivity contribution is 0.233. The SMILES string of the molecule is Cc1c(N)nc(C(C)(C)C)nc1OCCC(C)(C)C. The summed E-state index contributed by atoms with van der Waals surface area (Å²) in [6, 6.07) is 0. The lowest BCUT2D eigenvalue weighted by Gasteiger charge is -2.21. The molecule has 0 fully saturated rings. The van der Waals surface area contributed by atoms with E-state index in [0.717, 1.165) is 17.8 Å². The van der Waals surface area contributed by atoms with E-state index in [0.29, 0.717) is 18.3 Å². The van der Waals surface area contributed by atoms with Crippen LogP contribution in [0.2, 0.25) is 0 Å². The lowest BCUT2D eigenvalue weighted by atomic mass is 9.93. The predicted molar refractivity (Wildman–Crippen MR) is 79.4 cm³/mol. The first-order chi connectivity index (χ1) is 8.50. The van der Waals surface area contributed by atoms with Crippen LogP contribution in [0.15, 0.2) is 0 Å². The number of nitrogens with two attached hydrogens (primary N) is 1. The van der Waals surface area contributed by atoms with E-state index in [4.69, 9.17) is 10.5 Å². The first kappa shape index (κ1) is 15.7. The topological polar surface area (TPSA) is 61.0 Å². The van der Waals surface area contributed by atoms with E-state index >= 15 is 0 Å². The highest BCUT2D eigenvalue weighted by molar-refractivity contribution is 5.45. The fourth-order valence-corrected chi connectivity index (χ4v) is 1.44. The zero-order valence-electron chi connectivity index (χ0n) is 13.3. The highest BCUT2D eigenvalue weighted by Gasteiger charge is 2.21. The smallest absolute Gasteiger partial charge is 0.221 e. The van der Waals surface area contributed by atoms with E-state index in [-0.39, 0.29) is 10.8 Å². The van der Waals surface area contributed by atoms with Crippen LogP contribution in [0.1, 0.15) is 59.4 Å². The molecule has 0 unspecified atom stereocenters. The van der Waals surface area contributed by atoms with Crippen molar-refractivity contribution < 1.29 is 4.74 Å². The maximum absolute atomic E-state index is 5.94. The van der Waals surface area contributed by atoms with Crippen molar-refractivity contribution in [1.82, 2.24) is 9.97 Å². The third-order valence-corrected chi connectivity index (χ3v) is 2.90. The van der Waals surface area contributed by atoms with Gasteiger partial charge in [0.1, 0.15) is 11.6 Å². The van der Waals surface area contributed by atoms with Gasteiger partial charge in [0.25, 0.3) is 0 Å². The monoisotopic (exact) mass is 265 g/mol. The first-order valence-corrected chi connectivity index (χ1v) is 6.78. The van der Waals surface area contributed by atoms with Gasteiger partial charge in [0.15, 0.2) is 0 Å². The molecular weight excluding hydrogens is 238 g/mol. The average Bonchev–Trinajstić information content (AvgIpc) is 2.20. The standard InChI is InChI=1S/C15H27N3O/c1-10-11(16)17-13(15(5,6)7)18-12(10)19-9-8-14(2,3)4/h8-9H2,1-7H3,(H2,16,17,18). The number of hydrogen-bond acceptors (Lipinski definition) is 4. The molecule has 2 N–H and O–H groups in total. The molecule has 0 spiro atoms. The van der Waals surface area contributed by atoms with Crippen molar-refractivity contribution in [3.05, 3.63) is 11.4 Å². The largest absolute Gasteiger partial charge is 0.477 e. The van der Waals surface area contributed by atoms with Crippen molar-refractivity contribution >= 4 is 5.82 Å². The lowest BCUT2D eigenvalue weighted by Crippen LogP contribution is -2.19. The summed E-state index contributed by atoms with van der Waals surface area (Å²) >= 11 is 0. The Morgan fingerprint density at radius 3 is 2.11 bits per heavy atom. The van der Waals surface area contributed by atoms with Crippen molar-refractivity contribution in [3.63, 3.8) is 0 Å². The van der Waals surface area contributed by atoms with Crippen LogP contribution in [-0.4, -0.2) is 16.6 Å². The number of ether oxygens (including phenoxy) is 1. The summed E-state index contributed by atoms with van der Waals surface area (Å²) in [4.78, 5) is 8.86. The second-order valence-electron chi connectivity index (χ2n) is 7.27. The molecule has 1 aromatic rings. The molecule has 0 saturated carbocycles. The van der Waals surface area contributed by atoms with Gasteiger partial charge in [-0.2, -0.15) is 4.98 Å². The molecule has 0 atom stereocenters. The average molecular weight is 265 g/mol. The molecule has 0 radical (unpaired) electrons. The molecule has 19 heavy (non-hydrogen) atoms. The van der Waals surface area contributed by atoms with Crippen LogP contribution in [0.3, 0.4) is 0 Å². The van der Waals surface area contributed by atoms with Crippen molar-refractivity contribution in [1.29, 1.82) is 0 Å². The molecule has 0 bridgehead atoms.